The number of likely N-dealkylation sites (tertiary alicyclic amines) is 1. The van der Waals surface area contributed by atoms with E-state index in [-0.39, 0.29) is 5.91 Å². The van der Waals surface area contributed by atoms with Crippen molar-refractivity contribution >= 4 is 16.9 Å². The van der Waals surface area contributed by atoms with Gasteiger partial charge in [-0.1, -0.05) is 55.0 Å². The summed E-state index contributed by atoms with van der Waals surface area (Å²) >= 11 is 0. The van der Waals surface area contributed by atoms with E-state index in [1.165, 1.54) is 18.4 Å². The van der Waals surface area contributed by atoms with Gasteiger partial charge in [0.25, 0.3) is 5.91 Å². The van der Waals surface area contributed by atoms with Crippen molar-refractivity contribution < 1.29 is 9.21 Å². The highest BCUT2D eigenvalue weighted by atomic mass is 16.3. The van der Waals surface area contributed by atoms with Crippen LogP contribution in [-0.2, 0) is 13.1 Å². The summed E-state index contributed by atoms with van der Waals surface area (Å²) in [6, 6.07) is 18.8. The lowest BCUT2D eigenvalue weighted by Crippen LogP contribution is -2.46. The number of benzene rings is 2. The maximum absolute atomic E-state index is 13.1. The molecule has 1 amide bonds. The van der Waals surface area contributed by atoms with Gasteiger partial charge in [0.05, 0.1) is 0 Å². The molecule has 2 heterocycles. The van der Waals surface area contributed by atoms with Crippen LogP contribution in [0, 0.1) is 0 Å². The van der Waals surface area contributed by atoms with E-state index in [4.69, 9.17) is 4.42 Å². The van der Waals surface area contributed by atoms with Crippen molar-refractivity contribution in [1.82, 2.24) is 15.1 Å². The van der Waals surface area contributed by atoms with Gasteiger partial charge in [-0.05, 0) is 45.1 Å². The van der Waals surface area contributed by atoms with Gasteiger partial charge in [-0.2, -0.15) is 0 Å². The topological polar surface area (TPSA) is 48.7 Å². The number of amides is 1. The van der Waals surface area contributed by atoms with Gasteiger partial charge in [0.15, 0.2) is 5.76 Å². The summed E-state index contributed by atoms with van der Waals surface area (Å²) < 4.78 is 5.97. The minimum Gasteiger partial charge on any atom is -0.451 e. The Labute approximate surface area is 178 Å². The number of rotatable bonds is 7. The van der Waals surface area contributed by atoms with Crippen molar-refractivity contribution in [2.45, 2.75) is 38.4 Å². The van der Waals surface area contributed by atoms with Crippen molar-refractivity contribution in [3.8, 4) is 0 Å². The highest BCUT2D eigenvalue weighted by Crippen LogP contribution is 2.27. The highest BCUT2D eigenvalue weighted by Gasteiger charge is 2.25. The molecular formula is C25H31N3O2. The molecule has 1 N–H and O–H groups in total. The molecule has 1 fully saturated rings. The molecule has 0 aliphatic carbocycles. The molecular weight excluding hydrogens is 374 g/mol. The molecule has 0 bridgehead atoms. The quantitative estimate of drug-likeness (QED) is 0.637. The molecule has 2 aromatic carbocycles. The first-order valence-corrected chi connectivity index (χ1v) is 10.8. The average molecular weight is 406 g/mol. The smallest absolute Gasteiger partial charge is 0.287 e. The van der Waals surface area contributed by atoms with E-state index in [2.05, 4.69) is 45.4 Å². The second-order valence-corrected chi connectivity index (χ2v) is 8.46. The minimum atomic E-state index is -0.117. The second kappa shape index (κ2) is 9.45. The van der Waals surface area contributed by atoms with Gasteiger partial charge in [-0.3, -0.25) is 9.69 Å². The number of nitrogens with one attached hydrogen (secondary N) is 1. The fraction of sp³-hybridized carbons (Fsp3) is 0.400. The van der Waals surface area contributed by atoms with E-state index in [0.29, 0.717) is 24.9 Å². The monoisotopic (exact) mass is 405 g/mol. The van der Waals surface area contributed by atoms with Gasteiger partial charge in [0.2, 0.25) is 0 Å². The van der Waals surface area contributed by atoms with Crippen LogP contribution >= 0.6 is 0 Å². The van der Waals surface area contributed by atoms with Crippen LogP contribution in [0.5, 0.6) is 0 Å². The van der Waals surface area contributed by atoms with Crippen molar-refractivity contribution in [2.24, 2.45) is 0 Å². The van der Waals surface area contributed by atoms with Crippen LogP contribution in [0.3, 0.4) is 0 Å². The van der Waals surface area contributed by atoms with Gasteiger partial charge >= 0.3 is 0 Å². The first-order valence-electron chi connectivity index (χ1n) is 10.8. The zero-order valence-electron chi connectivity index (χ0n) is 17.9. The number of nitrogens with zero attached hydrogens (tertiary/aromatic N) is 2. The van der Waals surface area contributed by atoms with E-state index >= 15 is 0 Å². The highest BCUT2D eigenvalue weighted by molar-refractivity contribution is 5.99. The molecule has 1 unspecified atom stereocenters. The number of hydrogen-bond donors (Lipinski definition) is 1. The van der Waals surface area contributed by atoms with Crippen molar-refractivity contribution in [2.75, 3.05) is 27.2 Å². The second-order valence-electron chi connectivity index (χ2n) is 8.46. The Hall–Kier alpha value is -2.63. The van der Waals surface area contributed by atoms with Crippen LogP contribution in [0.25, 0.3) is 11.0 Å². The summed E-state index contributed by atoms with van der Waals surface area (Å²) in [6.45, 7) is 3.32. The standard InChI is InChI=1S/C25H31N3O2/c1-27(2)18-22-21-13-6-7-14-23(21)30-24(22)25(29)26-16-20-12-8-9-15-28(20)17-19-10-4-3-5-11-19/h3-7,10-11,13-14,20H,8-9,12,15-18H2,1-2H3,(H,26,29). The molecule has 4 rings (SSSR count). The number of fused-ring (bicyclic) bond motifs is 1. The predicted octanol–water partition coefficient (Wildman–Crippen LogP) is 4.28. The van der Waals surface area contributed by atoms with E-state index in [9.17, 15) is 4.79 Å². The van der Waals surface area contributed by atoms with E-state index in [1.54, 1.807) is 0 Å². The molecule has 3 aromatic rings. The van der Waals surface area contributed by atoms with Crippen LogP contribution in [0.1, 0.15) is 40.9 Å². The third kappa shape index (κ3) is 4.74. The fourth-order valence-corrected chi connectivity index (χ4v) is 4.36. The first-order chi connectivity index (χ1) is 14.6. The SMILES string of the molecule is CN(C)Cc1c(C(=O)NCC2CCCCN2Cc2ccccc2)oc2ccccc12. The number of piperidine rings is 1. The molecule has 0 saturated carbocycles. The Morgan fingerprint density at radius 3 is 2.67 bits per heavy atom. The molecule has 1 aliphatic rings. The number of carbonyl (C=O) groups is 1. The molecule has 1 aliphatic heterocycles. The fourth-order valence-electron chi connectivity index (χ4n) is 4.36. The van der Waals surface area contributed by atoms with Gasteiger partial charge in [-0.25, -0.2) is 0 Å². The van der Waals surface area contributed by atoms with Crippen LogP contribution in [-0.4, -0.2) is 48.9 Å². The summed E-state index contributed by atoms with van der Waals surface area (Å²) in [4.78, 5) is 17.6. The summed E-state index contributed by atoms with van der Waals surface area (Å²) in [5, 5.41) is 4.18. The predicted molar refractivity (Wildman–Crippen MR) is 120 cm³/mol. The normalized spacial score (nSPS) is 17.5. The lowest BCUT2D eigenvalue weighted by molar-refractivity contribution is 0.0881. The lowest BCUT2D eigenvalue weighted by Gasteiger charge is -2.35. The zero-order valence-corrected chi connectivity index (χ0v) is 17.9. The summed E-state index contributed by atoms with van der Waals surface area (Å²) in [6.07, 6.45) is 3.54. The van der Waals surface area contributed by atoms with Gasteiger partial charge in [0.1, 0.15) is 5.58 Å². The van der Waals surface area contributed by atoms with Gasteiger partial charge in [0, 0.05) is 36.6 Å². The van der Waals surface area contributed by atoms with Crippen LogP contribution < -0.4 is 5.32 Å². The maximum atomic E-state index is 13.1. The van der Waals surface area contributed by atoms with Crippen LogP contribution in [0.2, 0.25) is 0 Å². The zero-order chi connectivity index (χ0) is 20.9. The number of carbonyl (C=O) groups excluding carboxylic acids is 1. The lowest BCUT2D eigenvalue weighted by atomic mass is 10.0. The maximum Gasteiger partial charge on any atom is 0.287 e. The summed E-state index contributed by atoms with van der Waals surface area (Å²) in [5.74, 6) is 0.323. The molecule has 1 aromatic heterocycles. The molecule has 158 valence electrons. The average Bonchev–Trinajstić information content (AvgIpc) is 3.12. The van der Waals surface area contributed by atoms with Crippen LogP contribution in [0.15, 0.2) is 59.0 Å². The third-order valence-electron chi connectivity index (χ3n) is 5.85. The molecule has 0 spiro atoms. The number of para-hydroxylation sites is 1. The summed E-state index contributed by atoms with van der Waals surface area (Å²) in [7, 11) is 4.01. The van der Waals surface area contributed by atoms with Crippen molar-refractivity contribution in [1.29, 1.82) is 0 Å². The molecule has 0 radical (unpaired) electrons. The van der Waals surface area contributed by atoms with Crippen molar-refractivity contribution in [3.05, 3.63) is 71.5 Å². The van der Waals surface area contributed by atoms with Gasteiger partial charge < -0.3 is 14.6 Å². The first kappa shape index (κ1) is 20.6. The molecule has 1 atom stereocenters. The number of furan rings is 1. The van der Waals surface area contributed by atoms with E-state index in [0.717, 1.165) is 36.0 Å². The Kier molecular flexibility index (Phi) is 6.50. The van der Waals surface area contributed by atoms with Gasteiger partial charge in [-0.15, -0.1) is 0 Å². The number of hydrogen-bond acceptors (Lipinski definition) is 4. The van der Waals surface area contributed by atoms with E-state index in [1.807, 2.05) is 38.4 Å². The summed E-state index contributed by atoms with van der Waals surface area (Å²) in [5.41, 5.74) is 3.04. The Morgan fingerprint density at radius 1 is 1.10 bits per heavy atom. The molecule has 5 heteroatoms. The molecule has 1 saturated heterocycles. The van der Waals surface area contributed by atoms with Crippen molar-refractivity contribution in [3.63, 3.8) is 0 Å². The third-order valence-corrected chi connectivity index (χ3v) is 5.85. The minimum absolute atomic E-state index is 0.117. The van der Waals surface area contributed by atoms with Crippen LogP contribution in [0.4, 0.5) is 0 Å². The largest absolute Gasteiger partial charge is 0.451 e. The molecule has 5 nitrogen and oxygen atoms in total. The Bertz CT molecular complexity index is 980. The van der Waals surface area contributed by atoms with E-state index < -0.39 is 0 Å². The Morgan fingerprint density at radius 2 is 1.87 bits per heavy atom. The Balaban J connectivity index is 1.47. The molecule has 30 heavy (non-hydrogen) atoms.